The first kappa shape index (κ1) is 10.7. The Morgan fingerprint density at radius 1 is 1.36 bits per heavy atom. The van der Waals surface area contributed by atoms with Crippen molar-refractivity contribution >= 4 is 5.97 Å². The predicted octanol–water partition coefficient (Wildman–Crippen LogP) is 2.60. The lowest BCUT2D eigenvalue weighted by Gasteiger charge is -2.23. The Morgan fingerprint density at radius 2 is 1.86 bits per heavy atom. The molecule has 0 spiro atoms. The maximum absolute atomic E-state index is 13.6. The Bertz CT molecular complexity index is 314. The number of hydrogen-bond acceptors (Lipinski definition) is 1. The van der Waals surface area contributed by atoms with Gasteiger partial charge in [0.15, 0.2) is 0 Å². The SMILES string of the molecule is CC(C)(F)C(C(=O)O)c1ccccc1. The summed E-state index contributed by atoms with van der Waals surface area (Å²) in [4.78, 5) is 10.9. The van der Waals surface area contributed by atoms with Gasteiger partial charge in [0.2, 0.25) is 0 Å². The number of carboxylic acid groups (broad SMARTS) is 1. The molecule has 1 aromatic rings. The fraction of sp³-hybridized carbons (Fsp3) is 0.364. The first-order valence-electron chi connectivity index (χ1n) is 4.39. The second-order valence-electron chi connectivity index (χ2n) is 3.75. The summed E-state index contributed by atoms with van der Waals surface area (Å²) in [6, 6.07) is 8.43. The zero-order valence-electron chi connectivity index (χ0n) is 8.20. The van der Waals surface area contributed by atoms with Crippen LogP contribution in [-0.4, -0.2) is 16.7 Å². The summed E-state index contributed by atoms with van der Waals surface area (Å²) in [6.45, 7) is 2.55. The van der Waals surface area contributed by atoms with Crippen molar-refractivity contribution in [2.45, 2.75) is 25.4 Å². The molecular formula is C11H13FO2. The van der Waals surface area contributed by atoms with Crippen LogP contribution in [0.5, 0.6) is 0 Å². The van der Waals surface area contributed by atoms with E-state index in [-0.39, 0.29) is 0 Å². The summed E-state index contributed by atoms with van der Waals surface area (Å²) in [7, 11) is 0. The molecule has 0 aliphatic carbocycles. The molecule has 1 atom stereocenters. The Balaban J connectivity index is 3.08. The number of aliphatic carboxylic acids is 1. The van der Waals surface area contributed by atoms with E-state index in [1.165, 1.54) is 13.8 Å². The van der Waals surface area contributed by atoms with E-state index < -0.39 is 17.6 Å². The fourth-order valence-electron chi connectivity index (χ4n) is 1.48. The predicted molar refractivity (Wildman–Crippen MR) is 52.0 cm³/mol. The van der Waals surface area contributed by atoms with Crippen LogP contribution in [0.15, 0.2) is 30.3 Å². The second kappa shape index (κ2) is 3.78. The molecule has 3 heteroatoms. The summed E-state index contributed by atoms with van der Waals surface area (Å²) in [5, 5.41) is 8.92. The molecule has 0 saturated heterocycles. The average Bonchev–Trinajstić information content (AvgIpc) is 2.02. The molecule has 1 N–H and O–H groups in total. The van der Waals surface area contributed by atoms with Crippen LogP contribution in [0.3, 0.4) is 0 Å². The number of halogens is 1. The molecule has 76 valence electrons. The van der Waals surface area contributed by atoms with Crippen molar-refractivity contribution in [2.24, 2.45) is 0 Å². The van der Waals surface area contributed by atoms with Gasteiger partial charge in [-0.15, -0.1) is 0 Å². The van der Waals surface area contributed by atoms with E-state index >= 15 is 0 Å². The summed E-state index contributed by atoms with van der Waals surface area (Å²) < 4.78 is 13.6. The number of alkyl halides is 1. The topological polar surface area (TPSA) is 37.3 Å². The Hall–Kier alpha value is -1.38. The van der Waals surface area contributed by atoms with Crippen molar-refractivity contribution in [3.63, 3.8) is 0 Å². The minimum Gasteiger partial charge on any atom is -0.481 e. The molecule has 0 heterocycles. The van der Waals surface area contributed by atoms with E-state index in [1.54, 1.807) is 30.3 Å². The lowest BCUT2D eigenvalue weighted by Crippen LogP contribution is -2.30. The lowest BCUT2D eigenvalue weighted by molar-refractivity contribution is -0.142. The molecule has 0 bridgehead atoms. The quantitative estimate of drug-likeness (QED) is 0.806. The lowest BCUT2D eigenvalue weighted by atomic mass is 9.86. The molecule has 0 aliphatic heterocycles. The summed E-state index contributed by atoms with van der Waals surface area (Å²) in [6.07, 6.45) is 0. The van der Waals surface area contributed by atoms with Crippen LogP contribution in [0.2, 0.25) is 0 Å². The summed E-state index contributed by atoms with van der Waals surface area (Å²) >= 11 is 0. The highest BCUT2D eigenvalue weighted by molar-refractivity contribution is 5.77. The standard InChI is InChI=1S/C11H13FO2/c1-11(2,12)9(10(13)14)8-6-4-3-5-7-8/h3-7,9H,1-2H3,(H,13,14). The summed E-state index contributed by atoms with van der Waals surface area (Å²) in [5.74, 6) is -2.24. The second-order valence-corrected chi connectivity index (χ2v) is 3.75. The van der Waals surface area contributed by atoms with Crippen molar-refractivity contribution in [3.8, 4) is 0 Å². The highest BCUT2D eigenvalue weighted by atomic mass is 19.1. The highest BCUT2D eigenvalue weighted by Crippen LogP contribution is 2.31. The van der Waals surface area contributed by atoms with Crippen LogP contribution in [0.25, 0.3) is 0 Å². The van der Waals surface area contributed by atoms with Gasteiger partial charge in [-0.3, -0.25) is 4.79 Å². The number of benzene rings is 1. The molecular weight excluding hydrogens is 183 g/mol. The Kier molecular flexibility index (Phi) is 2.89. The number of carbonyl (C=O) groups is 1. The fourth-order valence-corrected chi connectivity index (χ4v) is 1.48. The van der Waals surface area contributed by atoms with Gasteiger partial charge in [0.25, 0.3) is 0 Å². The Labute approximate surface area is 82.4 Å². The van der Waals surface area contributed by atoms with E-state index in [0.29, 0.717) is 5.56 Å². The van der Waals surface area contributed by atoms with Crippen LogP contribution >= 0.6 is 0 Å². The van der Waals surface area contributed by atoms with Crippen LogP contribution < -0.4 is 0 Å². The largest absolute Gasteiger partial charge is 0.481 e. The first-order chi connectivity index (χ1) is 6.43. The molecule has 0 aromatic heterocycles. The van der Waals surface area contributed by atoms with Gasteiger partial charge in [-0.25, -0.2) is 4.39 Å². The number of hydrogen-bond donors (Lipinski definition) is 1. The normalized spacial score (nSPS) is 13.6. The van der Waals surface area contributed by atoms with Gasteiger partial charge in [-0.05, 0) is 19.4 Å². The van der Waals surface area contributed by atoms with Gasteiger partial charge < -0.3 is 5.11 Å². The number of carboxylic acids is 1. The molecule has 1 unspecified atom stereocenters. The zero-order chi connectivity index (χ0) is 10.8. The van der Waals surface area contributed by atoms with Crippen LogP contribution in [-0.2, 0) is 4.79 Å². The van der Waals surface area contributed by atoms with Gasteiger partial charge in [0.05, 0.1) is 0 Å². The average molecular weight is 196 g/mol. The molecule has 0 aliphatic rings. The van der Waals surface area contributed by atoms with Crippen LogP contribution in [0.1, 0.15) is 25.3 Å². The van der Waals surface area contributed by atoms with Gasteiger partial charge in [-0.1, -0.05) is 30.3 Å². The maximum Gasteiger partial charge on any atom is 0.314 e. The van der Waals surface area contributed by atoms with Gasteiger partial charge in [-0.2, -0.15) is 0 Å². The summed E-state index contributed by atoms with van der Waals surface area (Å²) in [5.41, 5.74) is -1.26. The molecule has 0 radical (unpaired) electrons. The van der Waals surface area contributed by atoms with E-state index in [2.05, 4.69) is 0 Å². The van der Waals surface area contributed by atoms with E-state index in [1.807, 2.05) is 0 Å². The third-order valence-electron chi connectivity index (χ3n) is 2.07. The zero-order valence-corrected chi connectivity index (χ0v) is 8.20. The molecule has 2 nitrogen and oxygen atoms in total. The molecule has 0 amide bonds. The van der Waals surface area contributed by atoms with Crippen molar-refractivity contribution < 1.29 is 14.3 Å². The highest BCUT2D eigenvalue weighted by Gasteiger charge is 2.36. The molecule has 0 fully saturated rings. The van der Waals surface area contributed by atoms with Crippen LogP contribution in [0.4, 0.5) is 4.39 Å². The molecule has 1 rings (SSSR count). The van der Waals surface area contributed by atoms with Crippen molar-refractivity contribution in [2.75, 3.05) is 0 Å². The monoisotopic (exact) mass is 196 g/mol. The third-order valence-corrected chi connectivity index (χ3v) is 2.07. The van der Waals surface area contributed by atoms with Crippen LogP contribution in [0, 0.1) is 0 Å². The first-order valence-corrected chi connectivity index (χ1v) is 4.39. The van der Waals surface area contributed by atoms with Crippen molar-refractivity contribution in [3.05, 3.63) is 35.9 Å². The molecule has 0 saturated carbocycles. The third kappa shape index (κ3) is 2.31. The minimum absolute atomic E-state index is 0.493. The number of rotatable bonds is 3. The van der Waals surface area contributed by atoms with Crippen molar-refractivity contribution in [1.82, 2.24) is 0 Å². The Morgan fingerprint density at radius 3 is 2.21 bits per heavy atom. The van der Waals surface area contributed by atoms with E-state index in [0.717, 1.165) is 0 Å². The van der Waals surface area contributed by atoms with E-state index in [4.69, 9.17) is 5.11 Å². The van der Waals surface area contributed by atoms with Gasteiger partial charge in [0.1, 0.15) is 11.6 Å². The van der Waals surface area contributed by atoms with Gasteiger partial charge in [0, 0.05) is 0 Å². The van der Waals surface area contributed by atoms with E-state index in [9.17, 15) is 9.18 Å². The maximum atomic E-state index is 13.6. The minimum atomic E-state index is -1.76. The molecule has 1 aromatic carbocycles. The molecule has 14 heavy (non-hydrogen) atoms. The van der Waals surface area contributed by atoms with Crippen molar-refractivity contribution in [1.29, 1.82) is 0 Å². The smallest absolute Gasteiger partial charge is 0.314 e. The van der Waals surface area contributed by atoms with Gasteiger partial charge >= 0.3 is 5.97 Å².